The molecule has 26 heavy (non-hydrogen) atoms. The average Bonchev–Trinajstić information content (AvgIpc) is 2.94. The summed E-state index contributed by atoms with van der Waals surface area (Å²) >= 11 is 5.88. The summed E-state index contributed by atoms with van der Waals surface area (Å²) in [5, 5.41) is 0.668. The molecule has 2 aromatic rings. The van der Waals surface area contributed by atoms with Gasteiger partial charge in [-0.25, -0.2) is 0 Å². The van der Waals surface area contributed by atoms with Crippen molar-refractivity contribution in [3.05, 3.63) is 57.9 Å². The number of benzene rings is 1. The molecule has 0 saturated carbocycles. The van der Waals surface area contributed by atoms with Gasteiger partial charge in [-0.2, -0.15) is 0 Å². The van der Waals surface area contributed by atoms with E-state index in [0.717, 1.165) is 22.5 Å². The lowest BCUT2D eigenvalue weighted by Crippen LogP contribution is -2.51. The number of carbonyl (C=O) groups is 2. The molecule has 0 spiro atoms. The molecule has 1 saturated heterocycles. The summed E-state index contributed by atoms with van der Waals surface area (Å²) in [5.74, 6) is 0.216. The first-order chi connectivity index (χ1) is 12.4. The number of aromatic nitrogens is 1. The zero-order valence-electron chi connectivity index (χ0n) is 15.2. The van der Waals surface area contributed by atoms with E-state index >= 15 is 0 Å². The van der Waals surface area contributed by atoms with Crippen LogP contribution in [0.4, 0.5) is 0 Å². The number of rotatable bonds is 4. The van der Waals surface area contributed by atoms with Crippen LogP contribution >= 0.6 is 11.6 Å². The number of aromatic amines is 1. The highest BCUT2D eigenvalue weighted by molar-refractivity contribution is 6.30. The van der Waals surface area contributed by atoms with Gasteiger partial charge in [0.15, 0.2) is 0 Å². The molecule has 1 aliphatic heterocycles. The van der Waals surface area contributed by atoms with E-state index in [1.165, 1.54) is 0 Å². The van der Waals surface area contributed by atoms with Crippen LogP contribution in [-0.2, 0) is 22.4 Å². The van der Waals surface area contributed by atoms with Gasteiger partial charge < -0.3 is 14.8 Å². The first kappa shape index (κ1) is 18.5. The predicted molar refractivity (Wildman–Crippen MR) is 102 cm³/mol. The Labute approximate surface area is 158 Å². The summed E-state index contributed by atoms with van der Waals surface area (Å²) in [4.78, 5) is 31.9. The molecule has 5 nitrogen and oxygen atoms in total. The lowest BCUT2D eigenvalue weighted by atomic mass is 10.1. The molecule has 2 heterocycles. The molecule has 138 valence electrons. The Morgan fingerprint density at radius 3 is 2.00 bits per heavy atom. The van der Waals surface area contributed by atoms with Gasteiger partial charge in [-0.3, -0.25) is 9.59 Å². The SMILES string of the molecule is Cc1cc(CC(=O)N2CCN(C(=O)Cc3ccc(Cl)cc3)CC2)c(C)[nH]1. The van der Waals surface area contributed by atoms with Crippen molar-refractivity contribution in [2.24, 2.45) is 0 Å². The van der Waals surface area contributed by atoms with Gasteiger partial charge in [0.25, 0.3) is 0 Å². The summed E-state index contributed by atoms with van der Waals surface area (Å²) in [7, 11) is 0. The fourth-order valence-corrected chi connectivity index (χ4v) is 3.46. The molecule has 1 aromatic carbocycles. The van der Waals surface area contributed by atoms with Crippen LogP contribution in [0.2, 0.25) is 5.02 Å². The first-order valence-corrected chi connectivity index (χ1v) is 9.25. The summed E-state index contributed by atoms with van der Waals surface area (Å²) in [5.41, 5.74) is 4.13. The minimum Gasteiger partial charge on any atom is -0.362 e. The Morgan fingerprint density at radius 2 is 1.50 bits per heavy atom. The zero-order valence-corrected chi connectivity index (χ0v) is 16.0. The molecule has 1 fully saturated rings. The Hall–Kier alpha value is -2.27. The molecular formula is C20H24ClN3O2. The number of nitrogens with zero attached hydrogens (tertiary/aromatic N) is 2. The molecule has 0 radical (unpaired) electrons. The van der Waals surface area contributed by atoms with Gasteiger partial charge in [0.05, 0.1) is 12.8 Å². The summed E-state index contributed by atoms with van der Waals surface area (Å²) in [6.45, 7) is 6.34. The molecule has 3 rings (SSSR count). The van der Waals surface area contributed by atoms with Gasteiger partial charge in [-0.15, -0.1) is 0 Å². The van der Waals surface area contributed by atoms with Gasteiger partial charge in [0, 0.05) is 42.6 Å². The largest absolute Gasteiger partial charge is 0.362 e. The predicted octanol–water partition coefficient (Wildman–Crippen LogP) is 2.74. The lowest BCUT2D eigenvalue weighted by Gasteiger charge is -2.35. The van der Waals surface area contributed by atoms with Crippen LogP contribution < -0.4 is 0 Å². The lowest BCUT2D eigenvalue weighted by molar-refractivity contribution is -0.138. The van der Waals surface area contributed by atoms with E-state index in [4.69, 9.17) is 11.6 Å². The molecule has 1 aromatic heterocycles. The van der Waals surface area contributed by atoms with Crippen molar-refractivity contribution in [3.8, 4) is 0 Å². The number of halogens is 1. The van der Waals surface area contributed by atoms with Crippen LogP contribution in [0.15, 0.2) is 30.3 Å². The van der Waals surface area contributed by atoms with Gasteiger partial charge in [0.1, 0.15) is 0 Å². The molecule has 1 N–H and O–H groups in total. The molecule has 0 unspecified atom stereocenters. The third kappa shape index (κ3) is 4.47. The standard InChI is InChI=1S/C20H24ClN3O2/c1-14-11-17(15(2)22-14)13-20(26)24-9-7-23(8-10-24)19(25)12-16-3-5-18(21)6-4-16/h3-6,11,22H,7-10,12-13H2,1-2H3. The minimum atomic E-state index is 0.0940. The smallest absolute Gasteiger partial charge is 0.227 e. The highest BCUT2D eigenvalue weighted by atomic mass is 35.5. The number of aryl methyl sites for hydroxylation is 2. The summed E-state index contributed by atoms with van der Waals surface area (Å²) in [6.07, 6.45) is 0.780. The molecule has 0 aliphatic carbocycles. The van der Waals surface area contributed by atoms with E-state index in [1.807, 2.05) is 41.8 Å². The Morgan fingerprint density at radius 1 is 0.962 bits per heavy atom. The van der Waals surface area contributed by atoms with E-state index in [1.54, 1.807) is 12.1 Å². The highest BCUT2D eigenvalue weighted by Gasteiger charge is 2.24. The fourth-order valence-electron chi connectivity index (χ4n) is 3.33. The molecule has 1 aliphatic rings. The van der Waals surface area contributed by atoms with E-state index in [2.05, 4.69) is 4.98 Å². The number of amides is 2. The van der Waals surface area contributed by atoms with Crippen LogP contribution in [0, 0.1) is 13.8 Å². The van der Waals surface area contributed by atoms with Crippen molar-refractivity contribution >= 4 is 23.4 Å². The van der Waals surface area contributed by atoms with Crippen LogP contribution in [0.1, 0.15) is 22.5 Å². The maximum Gasteiger partial charge on any atom is 0.227 e. The van der Waals surface area contributed by atoms with Crippen LogP contribution in [0.3, 0.4) is 0 Å². The number of carbonyl (C=O) groups excluding carboxylic acids is 2. The highest BCUT2D eigenvalue weighted by Crippen LogP contribution is 2.14. The molecule has 6 heteroatoms. The minimum absolute atomic E-state index is 0.0940. The number of hydrogen-bond acceptors (Lipinski definition) is 2. The second kappa shape index (κ2) is 7.96. The molecule has 0 atom stereocenters. The molecule has 0 bridgehead atoms. The number of H-pyrrole nitrogens is 1. The molecular weight excluding hydrogens is 350 g/mol. The number of piperazine rings is 1. The van der Waals surface area contributed by atoms with Crippen molar-refractivity contribution in [2.45, 2.75) is 26.7 Å². The van der Waals surface area contributed by atoms with Gasteiger partial charge in [-0.1, -0.05) is 23.7 Å². The topological polar surface area (TPSA) is 56.4 Å². The van der Waals surface area contributed by atoms with E-state index in [0.29, 0.717) is 44.0 Å². The number of hydrogen-bond donors (Lipinski definition) is 1. The van der Waals surface area contributed by atoms with Gasteiger partial charge in [0.2, 0.25) is 11.8 Å². The van der Waals surface area contributed by atoms with Crippen LogP contribution in [0.5, 0.6) is 0 Å². The van der Waals surface area contributed by atoms with E-state index in [-0.39, 0.29) is 11.8 Å². The van der Waals surface area contributed by atoms with Crippen molar-refractivity contribution in [1.29, 1.82) is 0 Å². The zero-order chi connectivity index (χ0) is 18.7. The fraction of sp³-hybridized carbons (Fsp3) is 0.400. The first-order valence-electron chi connectivity index (χ1n) is 8.87. The van der Waals surface area contributed by atoms with Crippen molar-refractivity contribution in [2.75, 3.05) is 26.2 Å². The van der Waals surface area contributed by atoms with Crippen molar-refractivity contribution in [3.63, 3.8) is 0 Å². The monoisotopic (exact) mass is 373 g/mol. The Balaban J connectivity index is 1.50. The van der Waals surface area contributed by atoms with Crippen molar-refractivity contribution in [1.82, 2.24) is 14.8 Å². The van der Waals surface area contributed by atoms with E-state index in [9.17, 15) is 9.59 Å². The van der Waals surface area contributed by atoms with Gasteiger partial charge in [-0.05, 0) is 43.2 Å². The normalized spacial score (nSPS) is 14.6. The van der Waals surface area contributed by atoms with Crippen LogP contribution in [-0.4, -0.2) is 52.8 Å². The third-order valence-electron chi connectivity index (χ3n) is 4.85. The second-order valence-corrected chi connectivity index (χ2v) is 7.28. The molecule has 2 amide bonds. The van der Waals surface area contributed by atoms with Crippen molar-refractivity contribution < 1.29 is 9.59 Å². The maximum atomic E-state index is 12.5. The summed E-state index contributed by atoms with van der Waals surface area (Å²) in [6, 6.07) is 9.37. The number of nitrogens with one attached hydrogen (secondary N) is 1. The van der Waals surface area contributed by atoms with Gasteiger partial charge >= 0.3 is 0 Å². The third-order valence-corrected chi connectivity index (χ3v) is 5.10. The average molecular weight is 374 g/mol. The Kier molecular flexibility index (Phi) is 5.67. The summed E-state index contributed by atoms with van der Waals surface area (Å²) < 4.78 is 0. The van der Waals surface area contributed by atoms with E-state index < -0.39 is 0 Å². The maximum absolute atomic E-state index is 12.5. The quantitative estimate of drug-likeness (QED) is 0.895. The Bertz CT molecular complexity index is 790. The van der Waals surface area contributed by atoms with Crippen LogP contribution in [0.25, 0.3) is 0 Å². The second-order valence-electron chi connectivity index (χ2n) is 6.84.